The molecule has 1 heterocycles. The Bertz CT molecular complexity index is 674. The van der Waals surface area contributed by atoms with Gasteiger partial charge in [-0.15, -0.1) is 0 Å². The summed E-state index contributed by atoms with van der Waals surface area (Å²) in [6.45, 7) is 0.823. The van der Waals surface area contributed by atoms with Crippen molar-refractivity contribution >= 4 is 16.9 Å². The van der Waals surface area contributed by atoms with Gasteiger partial charge in [-0.05, 0) is 49.7 Å². The molecule has 2 aliphatic rings. The van der Waals surface area contributed by atoms with Crippen molar-refractivity contribution in [3.8, 4) is 0 Å². The Balaban J connectivity index is 1.29. The molecule has 1 aromatic carbocycles. The van der Waals surface area contributed by atoms with Crippen LogP contribution in [0.3, 0.4) is 0 Å². The smallest absolute Gasteiger partial charge is 0.225 e. The fourth-order valence-corrected chi connectivity index (χ4v) is 4.55. The molecule has 1 aromatic heterocycles. The third-order valence-corrected chi connectivity index (χ3v) is 5.78. The highest BCUT2D eigenvalue weighted by Gasteiger charge is 2.43. The molecule has 2 saturated carbocycles. The van der Waals surface area contributed by atoms with E-state index in [1.165, 1.54) is 19.3 Å². The van der Waals surface area contributed by atoms with Crippen LogP contribution < -0.4 is 0 Å². The van der Waals surface area contributed by atoms with E-state index in [0.717, 1.165) is 48.6 Å². The van der Waals surface area contributed by atoms with Crippen molar-refractivity contribution in [1.29, 1.82) is 0 Å². The molecule has 0 spiro atoms. The second-order valence-corrected chi connectivity index (χ2v) is 7.35. The first-order chi connectivity index (χ1) is 11.2. The number of hydrogen-bond acceptors (Lipinski definition) is 2. The van der Waals surface area contributed by atoms with Crippen molar-refractivity contribution in [1.82, 2.24) is 14.9 Å². The number of hydrogen-bond donors (Lipinski definition) is 1. The molecule has 4 nitrogen and oxygen atoms in total. The van der Waals surface area contributed by atoms with Gasteiger partial charge in [0, 0.05) is 25.9 Å². The van der Waals surface area contributed by atoms with Crippen molar-refractivity contribution in [2.45, 2.75) is 38.5 Å². The molecule has 0 saturated heterocycles. The first-order valence-electron chi connectivity index (χ1n) is 8.89. The number of nitrogens with one attached hydrogen (secondary N) is 1. The average molecular weight is 311 g/mol. The van der Waals surface area contributed by atoms with Crippen molar-refractivity contribution < 1.29 is 4.79 Å². The monoisotopic (exact) mass is 311 g/mol. The van der Waals surface area contributed by atoms with Gasteiger partial charge in [0.1, 0.15) is 5.82 Å². The van der Waals surface area contributed by atoms with Crippen LogP contribution in [-0.4, -0.2) is 34.4 Å². The van der Waals surface area contributed by atoms with Gasteiger partial charge in [0.05, 0.1) is 11.0 Å². The summed E-state index contributed by atoms with van der Waals surface area (Å²) in [5, 5.41) is 0. The lowest BCUT2D eigenvalue weighted by Crippen LogP contribution is -2.36. The Morgan fingerprint density at radius 1 is 1.30 bits per heavy atom. The highest BCUT2D eigenvalue weighted by molar-refractivity contribution is 5.79. The van der Waals surface area contributed by atoms with Gasteiger partial charge >= 0.3 is 0 Å². The third-order valence-electron chi connectivity index (χ3n) is 5.78. The lowest BCUT2D eigenvalue weighted by molar-refractivity contribution is -0.135. The minimum Gasteiger partial charge on any atom is -0.346 e. The number of fused-ring (bicyclic) bond motifs is 3. The third kappa shape index (κ3) is 2.87. The lowest BCUT2D eigenvalue weighted by atomic mass is 9.88. The fourth-order valence-electron chi connectivity index (χ4n) is 4.55. The number of H-pyrrole nitrogens is 1. The summed E-state index contributed by atoms with van der Waals surface area (Å²) in [5.74, 6) is 3.21. The summed E-state index contributed by atoms with van der Waals surface area (Å²) < 4.78 is 0. The van der Waals surface area contributed by atoms with E-state index < -0.39 is 0 Å². The molecule has 2 fully saturated rings. The van der Waals surface area contributed by atoms with E-state index in [1.807, 2.05) is 30.1 Å². The van der Waals surface area contributed by atoms with Gasteiger partial charge < -0.3 is 9.88 Å². The second kappa shape index (κ2) is 5.99. The number of aromatic amines is 1. The number of nitrogens with zero attached hydrogens (tertiary/aromatic N) is 2. The molecule has 3 atom stereocenters. The van der Waals surface area contributed by atoms with E-state index in [2.05, 4.69) is 16.0 Å². The van der Waals surface area contributed by atoms with E-state index in [-0.39, 0.29) is 0 Å². The molecule has 1 amide bonds. The van der Waals surface area contributed by atoms with Crippen LogP contribution in [0, 0.1) is 17.8 Å². The molecule has 2 aromatic rings. The average Bonchev–Trinajstić information content (AvgIpc) is 3.28. The van der Waals surface area contributed by atoms with Crippen molar-refractivity contribution in [3.05, 3.63) is 30.1 Å². The molecular formula is C19H25N3O. The van der Waals surface area contributed by atoms with Crippen LogP contribution in [0.4, 0.5) is 0 Å². The zero-order valence-corrected chi connectivity index (χ0v) is 13.8. The number of imidazole rings is 1. The summed E-state index contributed by atoms with van der Waals surface area (Å²) in [6.07, 6.45) is 6.91. The predicted octanol–water partition coefficient (Wildman–Crippen LogP) is 3.39. The van der Waals surface area contributed by atoms with Gasteiger partial charge in [-0.2, -0.15) is 0 Å². The van der Waals surface area contributed by atoms with Crippen LogP contribution in [0.2, 0.25) is 0 Å². The minimum atomic E-state index is 0.310. The molecule has 2 bridgehead atoms. The molecule has 0 radical (unpaired) electrons. The summed E-state index contributed by atoms with van der Waals surface area (Å²) in [7, 11) is 1.97. The largest absolute Gasteiger partial charge is 0.346 e. The molecule has 23 heavy (non-hydrogen) atoms. The number of aryl methyl sites for hydroxylation is 1. The molecule has 3 unspecified atom stereocenters. The van der Waals surface area contributed by atoms with Crippen LogP contribution in [-0.2, 0) is 11.2 Å². The summed E-state index contributed by atoms with van der Waals surface area (Å²) in [6, 6.07) is 8.11. The van der Waals surface area contributed by atoms with Crippen molar-refractivity contribution in [2.75, 3.05) is 13.6 Å². The van der Waals surface area contributed by atoms with Gasteiger partial charge in [0.25, 0.3) is 0 Å². The van der Waals surface area contributed by atoms with Crippen molar-refractivity contribution in [2.24, 2.45) is 17.8 Å². The molecule has 1 N–H and O–H groups in total. The maximum Gasteiger partial charge on any atom is 0.225 e. The normalized spacial score (nSPS) is 26.0. The minimum absolute atomic E-state index is 0.310. The molecule has 2 aliphatic carbocycles. The Hall–Kier alpha value is -1.84. The topological polar surface area (TPSA) is 49.0 Å². The summed E-state index contributed by atoms with van der Waals surface area (Å²) in [4.78, 5) is 22.5. The first-order valence-corrected chi connectivity index (χ1v) is 8.89. The van der Waals surface area contributed by atoms with Crippen LogP contribution in [0.1, 0.15) is 37.9 Å². The zero-order valence-electron chi connectivity index (χ0n) is 13.8. The maximum atomic E-state index is 12.6. The highest BCUT2D eigenvalue weighted by atomic mass is 16.2. The van der Waals surface area contributed by atoms with Gasteiger partial charge in [0.2, 0.25) is 5.91 Å². The van der Waals surface area contributed by atoms with E-state index in [1.54, 1.807) is 0 Å². The Labute approximate surface area is 137 Å². The fraction of sp³-hybridized carbons (Fsp3) is 0.579. The number of amides is 1. The Morgan fingerprint density at radius 2 is 2.17 bits per heavy atom. The molecular weight excluding hydrogens is 286 g/mol. The summed E-state index contributed by atoms with van der Waals surface area (Å²) >= 11 is 0. The number of rotatable bonds is 5. The van der Waals surface area contributed by atoms with Gasteiger partial charge in [-0.25, -0.2) is 4.98 Å². The number of carbonyl (C=O) groups excluding carboxylic acids is 1. The first kappa shape index (κ1) is 14.7. The van der Waals surface area contributed by atoms with Gasteiger partial charge in [-0.3, -0.25) is 4.79 Å². The number of carbonyl (C=O) groups is 1. The molecule has 122 valence electrons. The van der Waals surface area contributed by atoms with Gasteiger partial charge in [0.15, 0.2) is 0 Å². The van der Waals surface area contributed by atoms with E-state index in [0.29, 0.717) is 17.7 Å². The molecule has 4 heteroatoms. The van der Waals surface area contributed by atoms with Crippen LogP contribution in [0.5, 0.6) is 0 Å². The van der Waals surface area contributed by atoms with E-state index in [9.17, 15) is 4.79 Å². The standard InChI is InChI=1S/C19H25N3O/c1-22(19(23)15-12-13-8-9-14(15)11-13)10-4-7-18-20-16-5-2-3-6-17(16)21-18/h2-3,5-6,13-15H,4,7-12H2,1H3,(H,20,21). The van der Waals surface area contributed by atoms with E-state index in [4.69, 9.17) is 0 Å². The molecule has 4 rings (SSSR count). The molecule has 0 aliphatic heterocycles. The zero-order chi connectivity index (χ0) is 15.8. The summed E-state index contributed by atoms with van der Waals surface area (Å²) in [5.41, 5.74) is 2.11. The SMILES string of the molecule is CN(CCCc1nc2ccccc2[nH]1)C(=O)C1CC2CCC1C2. The number of benzene rings is 1. The second-order valence-electron chi connectivity index (χ2n) is 7.35. The Kier molecular flexibility index (Phi) is 3.83. The maximum absolute atomic E-state index is 12.6. The van der Waals surface area contributed by atoms with Crippen LogP contribution in [0.15, 0.2) is 24.3 Å². The quantitative estimate of drug-likeness (QED) is 0.920. The predicted molar refractivity (Wildman–Crippen MR) is 91.0 cm³/mol. The number of aromatic nitrogens is 2. The van der Waals surface area contributed by atoms with E-state index >= 15 is 0 Å². The van der Waals surface area contributed by atoms with Crippen molar-refractivity contribution in [3.63, 3.8) is 0 Å². The van der Waals surface area contributed by atoms with Gasteiger partial charge in [-0.1, -0.05) is 18.6 Å². The number of para-hydroxylation sites is 2. The lowest BCUT2D eigenvalue weighted by Gasteiger charge is -2.26. The highest BCUT2D eigenvalue weighted by Crippen LogP contribution is 2.48. The van der Waals surface area contributed by atoms with Crippen LogP contribution >= 0.6 is 0 Å². The van der Waals surface area contributed by atoms with Crippen LogP contribution in [0.25, 0.3) is 11.0 Å². The Morgan fingerprint density at radius 3 is 2.91 bits per heavy atom.